The van der Waals surface area contributed by atoms with Crippen molar-refractivity contribution in [1.82, 2.24) is 9.38 Å². The van der Waals surface area contributed by atoms with Gasteiger partial charge in [-0.25, -0.2) is 4.98 Å². The number of fused-ring (bicyclic) bond motifs is 2. The van der Waals surface area contributed by atoms with Gasteiger partial charge >= 0.3 is 0 Å². The lowest BCUT2D eigenvalue weighted by atomic mass is 10.2. The van der Waals surface area contributed by atoms with Crippen LogP contribution in [-0.2, 0) is 6.42 Å². The maximum atomic E-state index is 12.8. The zero-order valence-corrected chi connectivity index (χ0v) is 12.7. The van der Waals surface area contributed by atoms with Crippen LogP contribution in [0.5, 0.6) is 0 Å². The number of aromatic nitrogens is 2. The second kappa shape index (κ2) is 5.05. The Labute approximate surface area is 132 Å². The average Bonchev–Trinajstić information content (AvgIpc) is 2.99. The largest absolute Gasteiger partial charge is 0.308 e. The topological polar surface area (TPSA) is 54.7 Å². The van der Waals surface area contributed by atoms with Crippen molar-refractivity contribution in [2.75, 3.05) is 11.4 Å². The van der Waals surface area contributed by atoms with Gasteiger partial charge in [0.05, 0.1) is 0 Å². The van der Waals surface area contributed by atoms with Crippen molar-refractivity contribution in [2.45, 2.75) is 13.3 Å². The molecule has 0 N–H and O–H groups in total. The van der Waals surface area contributed by atoms with Crippen LogP contribution in [0.15, 0.2) is 53.6 Å². The molecule has 1 aromatic carbocycles. The number of amides is 1. The minimum Gasteiger partial charge on any atom is -0.308 e. The summed E-state index contributed by atoms with van der Waals surface area (Å²) < 4.78 is 1.44. The van der Waals surface area contributed by atoms with Crippen molar-refractivity contribution in [3.63, 3.8) is 0 Å². The van der Waals surface area contributed by atoms with Crippen molar-refractivity contribution in [2.24, 2.45) is 0 Å². The van der Waals surface area contributed by atoms with E-state index in [0.717, 1.165) is 23.2 Å². The van der Waals surface area contributed by atoms with Gasteiger partial charge in [-0.15, -0.1) is 0 Å². The number of benzene rings is 1. The van der Waals surface area contributed by atoms with E-state index in [1.807, 2.05) is 37.3 Å². The minimum atomic E-state index is -0.326. The van der Waals surface area contributed by atoms with Crippen LogP contribution < -0.4 is 10.5 Å². The normalized spacial score (nSPS) is 13.3. The molecule has 1 aliphatic rings. The first kappa shape index (κ1) is 13.7. The minimum absolute atomic E-state index is 0.102. The Hall–Kier alpha value is -2.95. The van der Waals surface area contributed by atoms with Crippen LogP contribution in [0, 0.1) is 6.92 Å². The summed E-state index contributed by atoms with van der Waals surface area (Å²) in [6.45, 7) is 2.49. The monoisotopic (exact) mass is 305 g/mol. The van der Waals surface area contributed by atoms with Crippen LogP contribution >= 0.6 is 0 Å². The quantitative estimate of drug-likeness (QED) is 0.692. The molecule has 0 unspecified atom stereocenters. The molecule has 0 spiro atoms. The summed E-state index contributed by atoms with van der Waals surface area (Å²) in [7, 11) is 0. The van der Waals surface area contributed by atoms with Gasteiger partial charge in [-0.05, 0) is 36.6 Å². The van der Waals surface area contributed by atoms with Gasteiger partial charge in [0.15, 0.2) is 0 Å². The summed E-state index contributed by atoms with van der Waals surface area (Å²) in [5.41, 5.74) is 3.27. The van der Waals surface area contributed by atoms with Crippen LogP contribution in [0.3, 0.4) is 0 Å². The first-order valence-corrected chi connectivity index (χ1v) is 7.53. The molecule has 2 aromatic heterocycles. The Bertz CT molecular complexity index is 991. The van der Waals surface area contributed by atoms with Gasteiger partial charge in [-0.3, -0.25) is 14.0 Å². The molecule has 0 aliphatic carbocycles. The molecule has 4 rings (SSSR count). The van der Waals surface area contributed by atoms with Gasteiger partial charge < -0.3 is 4.90 Å². The fourth-order valence-corrected chi connectivity index (χ4v) is 3.02. The molecule has 23 heavy (non-hydrogen) atoms. The van der Waals surface area contributed by atoms with Crippen molar-refractivity contribution in [1.29, 1.82) is 0 Å². The molecule has 1 amide bonds. The van der Waals surface area contributed by atoms with Crippen LogP contribution in [0.1, 0.15) is 21.5 Å². The van der Waals surface area contributed by atoms with Gasteiger partial charge in [0, 0.05) is 24.6 Å². The van der Waals surface area contributed by atoms with Crippen LogP contribution in [0.2, 0.25) is 0 Å². The van der Waals surface area contributed by atoms with Crippen molar-refractivity contribution in [3.05, 3.63) is 75.8 Å². The lowest BCUT2D eigenvalue weighted by Crippen LogP contribution is -2.34. The van der Waals surface area contributed by atoms with Gasteiger partial charge in [0.1, 0.15) is 11.2 Å². The lowest BCUT2D eigenvalue weighted by molar-refractivity contribution is 0.0987. The summed E-state index contributed by atoms with van der Waals surface area (Å²) >= 11 is 0. The Morgan fingerprint density at radius 2 is 2.00 bits per heavy atom. The average molecular weight is 305 g/mol. The first-order valence-electron chi connectivity index (χ1n) is 7.53. The number of aryl methyl sites for hydroxylation is 1. The highest BCUT2D eigenvalue weighted by Crippen LogP contribution is 2.28. The highest BCUT2D eigenvalue weighted by Gasteiger charge is 2.27. The van der Waals surface area contributed by atoms with Gasteiger partial charge in [-0.1, -0.05) is 24.3 Å². The highest BCUT2D eigenvalue weighted by molar-refractivity contribution is 6.07. The van der Waals surface area contributed by atoms with E-state index in [0.29, 0.717) is 12.2 Å². The molecule has 0 radical (unpaired) electrons. The fraction of sp³-hybridized carbons (Fsp3) is 0.167. The zero-order chi connectivity index (χ0) is 16.0. The summed E-state index contributed by atoms with van der Waals surface area (Å²) in [6.07, 6.45) is 3.90. The number of carbonyl (C=O) groups is 1. The summed E-state index contributed by atoms with van der Waals surface area (Å²) in [5, 5.41) is 0. The van der Waals surface area contributed by atoms with E-state index in [-0.39, 0.29) is 17.0 Å². The van der Waals surface area contributed by atoms with Crippen molar-refractivity contribution >= 4 is 17.2 Å². The molecule has 0 bridgehead atoms. The third-order valence-corrected chi connectivity index (χ3v) is 4.21. The number of hydrogen-bond acceptors (Lipinski definition) is 3. The van der Waals surface area contributed by atoms with Gasteiger partial charge in [-0.2, -0.15) is 0 Å². The highest BCUT2D eigenvalue weighted by atomic mass is 16.2. The van der Waals surface area contributed by atoms with E-state index < -0.39 is 0 Å². The molecule has 3 aromatic rings. The summed E-state index contributed by atoms with van der Waals surface area (Å²) in [6, 6.07) is 11.4. The smallest absolute Gasteiger partial charge is 0.270 e. The number of nitrogens with zero attached hydrogens (tertiary/aromatic N) is 3. The fourth-order valence-electron chi connectivity index (χ4n) is 3.02. The molecule has 0 atom stereocenters. The molecular weight excluding hydrogens is 290 g/mol. The van der Waals surface area contributed by atoms with Gasteiger partial charge in [0.2, 0.25) is 0 Å². The third-order valence-electron chi connectivity index (χ3n) is 4.21. The lowest BCUT2D eigenvalue weighted by Gasteiger charge is -2.17. The number of carbonyl (C=O) groups excluding carboxylic acids is 1. The standard InChI is InChI=1S/C18H15N3O2/c1-12-6-7-16-19-10-14(18(23)21(16)11-12)17(22)20-9-8-13-4-2-3-5-15(13)20/h2-7,10-11H,8-9H2,1H3. The molecule has 0 saturated heterocycles. The molecule has 3 heterocycles. The van der Waals surface area contributed by atoms with E-state index >= 15 is 0 Å². The molecule has 5 nitrogen and oxygen atoms in total. The van der Waals surface area contributed by atoms with E-state index in [2.05, 4.69) is 4.98 Å². The number of para-hydroxylation sites is 1. The Balaban J connectivity index is 1.82. The number of rotatable bonds is 1. The van der Waals surface area contributed by atoms with E-state index in [1.165, 1.54) is 10.6 Å². The molecule has 114 valence electrons. The first-order chi connectivity index (χ1) is 11.1. The van der Waals surface area contributed by atoms with Crippen molar-refractivity contribution < 1.29 is 4.79 Å². The number of anilines is 1. The van der Waals surface area contributed by atoms with Crippen LogP contribution in [-0.4, -0.2) is 21.8 Å². The summed E-state index contributed by atoms with van der Waals surface area (Å²) in [4.78, 5) is 31.4. The molecule has 1 aliphatic heterocycles. The summed E-state index contributed by atoms with van der Waals surface area (Å²) in [5.74, 6) is -0.289. The van der Waals surface area contributed by atoms with E-state index in [4.69, 9.17) is 0 Å². The Morgan fingerprint density at radius 1 is 1.17 bits per heavy atom. The van der Waals surface area contributed by atoms with Crippen LogP contribution in [0.4, 0.5) is 5.69 Å². The second-order valence-electron chi connectivity index (χ2n) is 5.75. The Kier molecular flexibility index (Phi) is 3.01. The number of hydrogen-bond donors (Lipinski definition) is 0. The van der Waals surface area contributed by atoms with E-state index in [1.54, 1.807) is 17.2 Å². The maximum absolute atomic E-state index is 12.8. The molecule has 0 fully saturated rings. The molecule has 0 saturated carbocycles. The SMILES string of the molecule is Cc1ccc2ncc(C(=O)N3CCc4ccccc43)c(=O)n2c1. The third kappa shape index (κ3) is 2.12. The zero-order valence-electron chi connectivity index (χ0n) is 12.7. The second-order valence-corrected chi connectivity index (χ2v) is 5.75. The maximum Gasteiger partial charge on any atom is 0.270 e. The predicted molar refractivity (Wildman–Crippen MR) is 88.0 cm³/mol. The van der Waals surface area contributed by atoms with Crippen LogP contribution in [0.25, 0.3) is 5.65 Å². The van der Waals surface area contributed by atoms with Gasteiger partial charge in [0.25, 0.3) is 11.5 Å². The molecule has 5 heteroatoms. The Morgan fingerprint density at radius 3 is 2.87 bits per heavy atom. The number of pyridine rings is 1. The van der Waals surface area contributed by atoms with Crippen molar-refractivity contribution in [3.8, 4) is 0 Å². The molecular formula is C18H15N3O2. The predicted octanol–water partition coefficient (Wildman–Crippen LogP) is 2.21. The van der Waals surface area contributed by atoms with E-state index in [9.17, 15) is 9.59 Å².